The van der Waals surface area contributed by atoms with Crippen molar-refractivity contribution in [2.45, 2.75) is 46.5 Å². The number of halogens is 1. The molecule has 0 radical (unpaired) electrons. The Hall–Kier alpha value is -3.21. The van der Waals surface area contributed by atoms with Crippen molar-refractivity contribution in [3.63, 3.8) is 0 Å². The number of fused-ring (bicyclic) bond motifs is 1. The lowest BCUT2D eigenvalue weighted by atomic mass is 9.71. The van der Waals surface area contributed by atoms with Crippen molar-refractivity contribution in [3.8, 4) is 0 Å². The van der Waals surface area contributed by atoms with Gasteiger partial charge in [0.2, 0.25) is 5.91 Å². The third-order valence-corrected chi connectivity index (χ3v) is 6.43. The van der Waals surface area contributed by atoms with Crippen molar-refractivity contribution in [1.82, 2.24) is 15.1 Å². The Morgan fingerprint density at radius 1 is 1.09 bits per heavy atom. The minimum absolute atomic E-state index is 0.0458. The normalized spacial score (nSPS) is 15.3. The molecule has 0 spiro atoms. The Bertz CT molecular complexity index is 1200. The summed E-state index contributed by atoms with van der Waals surface area (Å²) in [5.74, 6) is 0.0215. The summed E-state index contributed by atoms with van der Waals surface area (Å²) >= 11 is 0. The van der Waals surface area contributed by atoms with E-state index < -0.39 is 0 Å². The third kappa shape index (κ3) is 4.92. The van der Waals surface area contributed by atoms with E-state index in [0.29, 0.717) is 19.4 Å². The molecule has 1 aromatic heterocycles. The standard InChI is InChI=1S/C28H32FN3O/c1-19(2)27(33)30-18-28(3,4)26(20-8-6-5-7-9-20)21-10-15-25-22(16-21)17-31-32(25)24-13-11-23(29)12-14-24/h5-11,13,15-17,19,26H,12,14,18H2,1-4H3,(H,30,33)/t26-/m0/s1. The van der Waals surface area contributed by atoms with Crippen molar-refractivity contribution in [1.29, 1.82) is 0 Å². The van der Waals surface area contributed by atoms with Crippen molar-refractivity contribution in [2.75, 3.05) is 6.54 Å². The lowest BCUT2D eigenvalue weighted by molar-refractivity contribution is -0.124. The summed E-state index contributed by atoms with van der Waals surface area (Å²) in [7, 11) is 0. The van der Waals surface area contributed by atoms with Crippen molar-refractivity contribution in [3.05, 3.63) is 83.8 Å². The monoisotopic (exact) mass is 445 g/mol. The van der Waals surface area contributed by atoms with Crippen molar-refractivity contribution >= 4 is 22.5 Å². The fourth-order valence-electron chi connectivity index (χ4n) is 4.60. The first-order chi connectivity index (χ1) is 15.8. The van der Waals surface area contributed by atoms with Crippen LogP contribution in [0.25, 0.3) is 16.6 Å². The van der Waals surface area contributed by atoms with Gasteiger partial charge in [-0.3, -0.25) is 4.79 Å². The molecule has 4 nitrogen and oxygen atoms in total. The van der Waals surface area contributed by atoms with Crippen LogP contribution in [0.1, 0.15) is 57.6 Å². The SMILES string of the molecule is CC(C)C(=O)NCC(C)(C)[C@@H](c1ccccc1)c1ccc2c(cnn2C2=CC=C(F)CC2)c1. The van der Waals surface area contributed by atoms with Gasteiger partial charge in [-0.2, -0.15) is 5.10 Å². The van der Waals surface area contributed by atoms with Crippen LogP contribution >= 0.6 is 0 Å². The average molecular weight is 446 g/mol. The highest BCUT2D eigenvalue weighted by Crippen LogP contribution is 2.41. The summed E-state index contributed by atoms with van der Waals surface area (Å²) in [6.45, 7) is 8.80. The fraction of sp³-hybridized carbons (Fsp3) is 0.357. The number of allylic oxidation sites excluding steroid dienone is 4. The Morgan fingerprint density at radius 3 is 2.52 bits per heavy atom. The van der Waals surface area contributed by atoms with Crippen LogP contribution in [0.2, 0.25) is 0 Å². The van der Waals surface area contributed by atoms with Crippen LogP contribution in [0.3, 0.4) is 0 Å². The number of aromatic nitrogens is 2. The third-order valence-electron chi connectivity index (χ3n) is 6.43. The summed E-state index contributed by atoms with van der Waals surface area (Å²) in [5, 5.41) is 8.78. The number of hydrogen-bond acceptors (Lipinski definition) is 2. The number of nitrogens with zero attached hydrogens (tertiary/aromatic N) is 2. The van der Waals surface area contributed by atoms with Gasteiger partial charge < -0.3 is 5.32 Å². The fourth-order valence-corrected chi connectivity index (χ4v) is 4.60. The van der Waals surface area contributed by atoms with Gasteiger partial charge in [0.05, 0.1) is 11.7 Å². The molecule has 1 amide bonds. The second-order valence-electron chi connectivity index (χ2n) is 9.85. The summed E-state index contributed by atoms with van der Waals surface area (Å²) in [6, 6.07) is 16.9. The summed E-state index contributed by atoms with van der Waals surface area (Å²) in [4.78, 5) is 12.3. The van der Waals surface area contributed by atoms with Gasteiger partial charge in [-0.1, -0.05) is 64.1 Å². The molecule has 0 bridgehead atoms. The van der Waals surface area contributed by atoms with Gasteiger partial charge in [0.15, 0.2) is 0 Å². The minimum atomic E-state index is -0.218. The zero-order valence-electron chi connectivity index (χ0n) is 19.8. The molecule has 5 heteroatoms. The van der Waals surface area contributed by atoms with Crippen LogP contribution in [0.4, 0.5) is 4.39 Å². The highest BCUT2D eigenvalue weighted by atomic mass is 19.1. The summed E-state index contributed by atoms with van der Waals surface area (Å²) in [6.07, 6.45) is 6.27. The highest BCUT2D eigenvalue weighted by Gasteiger charge is 2.33. The largest absolute Gasteiger partial charge is 0.355 e. The molecule has 33 heavy (non-hydrogen) atoms. The van der Waals surface area contributed by atoms with Gasteiger partial charge in [0, 0.05) is 35.9 Å². The molecule has 2 aromatic carbocycles. The van der Waals surface area contributed by atoms with E-state index in [0.717, 1.165) is 16.6 Å². The molecule has 3 aromatic rings. The van der Waals surface area contributed by atoms with Crippen LogP contribution in [-0.2, 0) is 4.79 Å². The van der Waals surface area contributed by atoms with Crippen molar-refractivity contribution < 1.29 is 9.18 Å². The first-order valence-corrected chi connectivity index (χ1v) is 11.6. The van der Waals surface area contributed by atoms with E-state index in [1.807, 2.05) is 36.9 Å². The van der Waals surface area contributed by atoms with Crippen LogP contribution in [0.15, 0.2) is 72.7 Å². The molecule has 1 aliphatic rings. The van der Waals surface area contributed by atoms with Gasteiger partial charge in [0.25, 0.3) is 0 Å². The Labute approximate surface area is 195 Å². The van der Waals surface area contributed by atoms with Crippen LogP contribution < -0.4 is 5.32 Å². The van der Waals surface area contributed by atoms with E-state index in [4.69, 9.17) is 0 Å². The van der Waals surface area contributed by atoms with Gasteiger partial charge >= 0.3 is 0 Å². The molecule has 0 saturated carbocycles. The number of rotatable bonds is 7. The topological polar surface area (TPSA) is 46.9 Å². The first kappa shape index (κ1) is 23.0. The summed E-state index contributed by atoms with van der Waals surface area (Å²) in [5.41, 5.74) is 4.18. The molecule has 1 N–H and O–H groups in total. The molecule has 0 unspecified atom stereocenters. The molecule has 0 fully saturated rings. The highest BCUT2D eigenvalue weighted by molar-refractivity contribution is 5.83. The molecule has 1 aliphatic carbocycles. The molecule has 172 valence electrons. The van der Waals surface area contributed by atoms with Gasteiger partial charge in [0.1, 0.15) is 5.83 Å². The molecular weight excluding hydrogens is 413 g/mol. The number of benzene rings is 2. The number of carbonyl (C=O) groups excluding carboxylic acids is 1. The van der Waals surface area contributed by atoms with E-state index in [9.17, 15) is 9.18 Å². The van der Waals surface area contributed by atoms with E-state index in [1.165, 1.54) is 17.2 Å². The average Bonchev–Trinajstić information content (AvgIpc) is 3.22. The molecule has 1 atom stereocenters. The molecule has 4 rings (SSSR count). The Balaban J connectivity index is 1.71. The van der Waals surface area contributed by atoms with E-state index in [-0.39, 0.29) is 29.0 Å². The van der Waals surface area contributed by atoms with Crippen LogP contribution in [0, 0.1) is 11.3 Å². The number of nitrogens with one attached hydrogen (secondary N) is 1. The maximum absolute atomic E-state index is 13.4. The molecule has 0 aliphatic heterocycles. The second kappa shape index (κ2) is 9.34. The predicted molar refractivity (Wildman–Crippen MR) is 132 cm³/mol. The molecule has 0 saturated heterocycles. The van der Waals surface area contributed by atoms with Gasteiger partial charge in [-0.25, -0.2) is 9.07 Å². The molecular formula is C28H32FN3O. The van der Waals surface area contributed by atoms with E-state index in [1.54, 1.807) is 0 Å². The lowest BCUT2D eigenvalue weighted by Crippen LogP contribution is -2.39. The number of amides is 1. The summed E-state index contributed by atoms with van der Waals surface area (Å²) < 4.78 is 15.4. The van der Waals surface area contributed by atoms with Crippen molar-refractivity contribution in [2.24, 2.45) is 11.3 Å². The van der Waals surface area contributed by atoms with Crippen LogP contribution in [0.5, 0.6) is 0 Å². The lowest BCUT2D eigenvalue weighted by Gasteiger charge is -2.36. The van der Waals surface area contributed by atoms with E-state index in [2.05, 4.69) is 66.7 Å². The molecule has 1 heterocycles. The van der Waals surface area contributed by atoms with E-state index >= 15 is 0 Å². The number of hydrogen-bond donors (Lipinski definition) is 1. The van der Waals surface area contributed by atoms with Gasteiger partial charge in [-0.15, -0.1) is 0 Å². The maximum atomic E-state index is 13.4. The minimum Gasteiger partial charge on any atom is -0.355 e. The number of carbonyl (C=O) groups is 1. The Kier molecular flexibility index (Phi) is 6.50. The quantitative estimate of drug-likeness (QED) is 0.454. The smallest absolute Gasteiger partial charge is 0.222 e. The first-order valence-electron chi connectivity index (χ1n) is 11.6. The zero-order valence-corrected chi connectivity index (χ0v) is 19.8. The Morgan fingerprint density at radius 2 is 1.85 bits per heavy atom. The second-order valence-corrected chi connectivity index (χ2v) is 9.85. The predicted octanol–water partition coefficient (Wildman–Crippen LogP) is 6.45. The van der Waals surface area contributed by atoms with Crippen LogP contribution in [-0.4, -0.2) is 22.2 Å². The zero-order chi connectivity index (χ0) is 23.6. The maximum Gasteiger partial charge on any atom is 0.222 e. The van der Waals surface area contributed by atoms with Gasteiger partial charge in [-0.05, 0) is 47.2 Å².